The molecule has 0 aliphatic carbocycles. The third kappa shape index (κ3) is 10.6. The number of hydrogen-bond acceptors (Lipinski definition) is 5. The molecule has 0 aromatic rings. The van der Waals surface area contributed by atoms with Gasteiger partial charge >= 0.3 is 12.1 Å². The summed E-state index contributed by atoms with van der Waals surface area (Å²) in [5.74, 6) is -0.303. The quantitative estimate of drug-likeness (QED) is 0.442. The van der Waals surface area contributed by atoms with Gasteiger partial charge in [0.1, 0.15) is 6.61 Å². The highest BCUT2D eigenvalue weighted by molar-refractivity contribution is 5.71. The van der Waals surface area contributed by atoms with E-state index in [-0.39, 0.29) is 19.1 Å². The first-order valence-electron chi connectivity index (χ1n) is 4.95. The van der Waals surface area contributed by atoms with Crippen molar-refractivity contribution in [2.75, 3.05) is 26.3 Å². The van der Waals surface area contributed by atoms with Crippen molar-refractivity contribution in [3.05, 3.63) is 0 Å². The van der Waals surface area contributed by atoms with Gasteiger partial charge in [-0.1, -0.05) is 13.3 Å². The van der Waals surface area contributed by atoms with Crippen molar-refractivity contribution in [1.82, 2.24) is 5.32 Å². The van der Waals surface area contributed by atoms with Crippen molar-refractivity contribution in [2.45, 2.75) is 19.8 Å². The minimum absolute atomic E-state index is 0.117. The Kier molecular flexibility index (Phi) is 8.46. The van der Waals surface area contributed by atoms with Gasteiger partial charge in [-0.05, 0) is 6.42 Å². The molecular formula is C9H18N2O4. The fraction of sp³-hybridized carbons (Fsp3) is 0.778. The zero-order chi connectivity index (χ0) is 11.5. The number of carbonyl (C=O) groups is 2. The third-order valence-corrected chi connectivity index (χ3v) is 1.55. The molecule has 0 bridgehead atoms. The third-order valence-electron chi connectivity index (χ3n) is 1.55. The summed E-state index contributed by atoms with van der Waals surface area (Å²) >= 11 is 0. The van der Waals surface area contributed by atoms with E-state index in [1.54, 1.807) is 0 Å². The normalized spacial score (nSPS) is 9.67. The molecule has 0 unspecified atom stereocenters. The van der Waals surface area contributed by atoms with Crippen molar-refractivity contribution in [2.24, 2.45) is 5.73 Å². The Morgan fingerprint density at radius 3 is 2.60 bits per heavy atom. The Hall–Kier alpha value is -1.30. The van der Waals surface area contributed by atoms with Gasteiger partial charge in [0, 0.05) is 6.54 Å². The number of primary amides is 1. The van der Waals surface area contributed by atoms with Crippen LogP contribution in [-0.2, 0) is 14.3 Å². The lowest BCUT2D eigenvalue weighted by Gasteiger charge is -2.05. The molecule has 0 saturated carbocycles. The van der Waals surface area contributed by atoms with E-state index in [0.717, 1.165) is 12.8 Å². The van der Waals surface area contributed by atoms with Gasteiger partial charge in [-0.25, -0.2) is 4.79 Å². The Labute approximate surface area is 89.1 Å². The average Bonchev–Trinajstić information content (AvgIpc) is 2.17. The highest BCUT2D eigenvalue weighted by Crippen LogP contribution is 1.87. The summed E-state index contributed by atoms with van der Waals surface area (Å²) in [7, 11) is 0. The molecule has 0 atom stereocenters. The lowest BCUT2D eigenvalue weighted by atomic mass is 10.4. The zero-order valence-corrected chi connectivity index (χ0v) is 8.95. The van der Waals surface area contributed by atoms with Crippen molar-refractivity contribution in [3.8, 4) is 0 Å². The summed E-state index contributed by atoms with van der Waals surface area (Å²) in [6.45, 7) is 3.12. The standard InChI is InChI=1S/C9H18N2O4/c1-2-3-5-14-8(12)7-11-4-6-15-9(10)13/h11H,2-7H2,1H3,(H2,10,13). The van der Waals surface area contributed by atoms with Gasteiger partial charge in [0.2, 0.25) is 0 Å². The van der Waals surface area contributed by atoms with Gasteiger partial charge in [-0.2, -0.15) is 0 Å². The van der Waals surface area contributed by atoms with Crippen molar-refractivity contribution >= 4 is 12.1 Å². The van der Waals surface area contributed by atoms with E-state index < -0.39 is 6.09 Å². The van der Waals surface area contributed by atoms with Crippen molar-refractivity contribution < 1.29 is 19.1 Å². The molecule has 15 heavy (non-hydrogen) atoms. The van der Waals surface area contributed by atoms with Crippen molar-refractivity contribution in [1.29, 1.82) is 0 Å². The number of rotatable bonds is 8. The predicted molar refractivity (Wildman–Crippen MR) is 54.3 cm³/mol. The van der Waals surface area contributed by atoms with Crippen LogP contribution in [0.1, 0.15) is 19.8 Å². The summed E-state index contributed by atoms with van der Waals surface area (Å²) in [6, 6.07) is 0. The molecule has 6 heteroatoms. The van der Waals surface area contributed by atoms with Crippen LogP contribution in [-0.4, -0.2) is 38.4 Å². The summed E-state index contributed by atoms with van der Waals surface area (Å²) in [5, 5.41) is 2.76. The molecule has 0 rings (SSSR count). The summed E-state index contributed by atoms with van der Waals surface area (Å²) in [4.78, 5) is 21.1. The van der Waals surface area contributed by atoms with E-state index in [2.05, 4.69) is 10.1 Å². The maximum atomic E-state index is 11.0. The maximum Gasteiger partial charge on any atom is 0.404 e. The average molecular weight is 218 g/mol. The van der Waals surface area contributed by atoms with Crippen LogP contribution >= 0.6 is 0 Å². The molecule has 0 aromatic carbocycles. The fourth-order valence-corrected chi connectivity index (χ4v) is 0.796. The molecule has 1 amide bonds. The molecule has 0 aromatic heterocycles. The van der Waals surface area contributed by atoms with Crippen LogP contribution in [0.15, 0.2) is 0 Å². The first-order chi connectivity index (χ1) is 7.16. The monoisotopic (exact) mass is 218 g/mol. The molecule has 88 valence electrons. The summed E-state index contributed by atoms with van der Waals surface area (Å²) in [6.07, 6.45) is 1.05. The van der Waals surface area contributed by atoms with Gasteiger partial charge in [0.05, 0.1) is 13.2 Å². The van der Waals surface area contributed by atoms with Crippen LogP contribution in [0.4, 0.5) is 4.79 Å². The number of unbranched alkanes of at least 4 members (excludes halogenated alkanes) is 1. The van der Waals surface area contributed by atoms with E-state index in [9.17, 15) is 9.59 Å². The lowest BCUT2D eigenvalue weighted by molar-refractivity contribution is -0.142. The first kappa shape index (κ1) is 13.7. The zero-order valence-electron chi connectivity index (χ0n) is 8.95. The van der Waals surface area contributed by atoms with Gasteiger partial charge in [-0.3, -0.25) is 4.79 Å². The van der Waals surface area contributed by atoms with E-state index in [1.807, 2.05) is 6.92 Å². The Balaban J connectivity index is 3.20. The summed E-state index contributed by atoms with van der Waals surface area (Å²) < 4.78 is 9.32. The highest BCUT2D eigenvalue weighted by Gasteiger charge is 2.01. The second-order valence-electron chi connectivity index (χ2n) is 2.92. The van der Waals surface area contributed by atoms with Crippen LogP contribution < -0.4 is 11.1 Å². The van der Waals surface area contributed by atoms with E-state index in [4.69, 9.17) is 10.5 Å². The number of carbonyl (C=O) groups excluding carboxylic acids is 2. The maximum absolute atomic E-state index is 11.0. The molecule has 0 radical (unpaired) electrons. The number of esters is 1. The van der Waals surface area contributed by atoms with Crippen LogP contribution in [0, 0.1) is 0 Å². The van der Waals surface area contributed by atoms with Crippen LogP contribution in [0.5, 0.6) is 0 Å². The SMILES string of the molecule is CCCCOC(=O)CNCCOC(N)=O. The smallest absolute Gasteiger partial charge is 0.404 e. The molecule has 0 heterocycles. The predicted octanol–water partition coefficient (Wildman–Crippen LogP) is 0.0146. The van der Waals surface area contributed by atoms with Crippen LogP contribution in [0.25, 0.3) is 0 Å². The summed E-state index contributed by atoms with van der Waals surface area (Å²) in [5.41, 5.74) is 4.73. The highest BCUT2D eigenvalue weighted by atomic mass is 16.5. The molecule has 0 spiro atoms. The lowest BCUT2D eigenvalue weighted by Crippen LogP contribution is -2.29. The van der Waals surface area contributed by atoms with Crippen LogP contribution in [0.2, 0.25) is 0 Å². The fourth-order valence-electron chi connectivity index (χ4n) is 0.796. The second kappa shape index (κ2) is 9.26. The van der Waals surface area contributed by atoms with Crippen LogP contribution in [0.3, 0.4) is 0 Å². The minimum atomic E-state index is -0.817. The largest absolute Gasteiger partial charge is 0.465 e. The Morgan fingerprint density at radius 2 is 2.00 bits per heavy atom. The number of ether oxygens (including phenoxy) is 2. The Bertz CT molecular complexity index is 197. The number of amides is 1. The number of nitrogens with one attached hydrogen (secondary N) is 1. The Morgan fingerprint density at radius 1 is 1.27 bits per heavy atom. The molecular weight excluding hydrogens is 200 g/mol. The van der Waals surface area contributed by atoms with Crippen molar-refractivity contribution in [3.63, 3.8) is 0 Å². The molecule has 0 aliphatic rings. The van der Waals surface area contributed by atoms with E-state index in [1.165, 1.54) is 0 Å². The molecule has 6 nitrogen and oxygen atoms in total. The van der Waals surface area contributed by atoms with Gasteiger partial charge < -0.3 is 20.5 Å². The molecule has 0 fully saturated rings. The van der Waals surface area contributed by atoms with Gasteiger partial charge in [0.25, 0.3) is 0 Å². The van der Waals surface area contributed by atoms with Gasteiger partial charge in [-0.15, -0.1) is 0 Å². The second-order valence-corrected chi connectivity index (χ2v) is 2.92. The minimum Gasteiger partial charge on any atom is -0.465 e. The molecule has 3 N–H and O–H groups in total. The molecule has 0 saturated heterocycles. The van der Waals surface area contributed by atoms with E-state index in [0.29, 0.717) is 13.2 Å². The van der Waals surface area contributed by atoms with Gasteiger partial charge in [0.15, 0.2) is 0 Å². The number of hydrogen-bond donors (Lipinski definition) is 2. The van der Waals surface area contributed by atoms with E-state index >= 15 is 0 Å². The number of nitrogens with two attached hydrogens (primary N) is 1. The first-order valence-corrected chi connectivity index (χ1v) is 4.95. The molecule has 0 aliphatic heterocycles. The topological polar surface area (TPSA) is 90.7 Å².